The molecule has 2 aromatic rings. The van der Waals surface area contributed by atoms with Gasteiger partial charge in [-0.15, -0.1) is 0 Å². The largest absolute Gasteiger partial charge is 0.0843 e. The molecule has 0 nitrogen and oxygen atoms in total. The molecule has 0 N–H and O–H groups in total. The van der Waals surface area contributed by atoms with Crippen molar-refractivity contribution in [1.29, 1.82) is 0 Å². The van der Waals surface area contributed by atoms with E-state index >= 15 is 0 Å². The second-order valence-corrected chi connectivity index (χ2v) is 6.26. The van der Waals surface area contributed by atoms with E-state index in [2.05, 4.69) is 36.4 Å². The van der Waals surface area contributed by atoms with Gasteiger partial charge in [-0.2, -0.15) is 0 Å². The topological polar surface area (TPSA) is 0 Å². The zero-order valence-corrected chi connectivity index (χ0v) is 13.6. The van der Waals surface area contributed by atoms with Crippen LogP contribution in [0.4, 0.5) is 0 Å². The lowest BCUT2D eigenvalue weighted by Crippen LogP contribution is -1.99. The van der Waals surface area contributed by atoms with E-state index in [1.165, 1.54) is 22.3 Å². The van der Waals surface area contributed by atoms with Gasteiger partial charge in [0.05, 0.1) is 0 Å². The van der Waals surface area contributed by atoms with Crippen molar-refractivity contribution in [2.45, 2.75) is 12.8 Å². The first-order valence-corrected chi connectivity index (χ1v) is 8.02. The van der Waals surface area contributed by atoms with E-state index in [1.807, 2.05) is 36.4 Å². The van der Waals surface area contributed by atoms with Crippen molar-refractivity contribution in [2.75, 3.05) is 0 Å². The van der Waals surface area contributed by atoms with Gasteiger partial charge in [-0.1, -0.05) is 77.3 Å². The molecule has 0 amide bonds. The van der Waals surface area contributed by atoms with E-state index in [0.717, 1.165) is 22.9 Å². The van der Waals surface area contributed by atoms with Crippen molar-refractivity contribution in [3.8, 4) is 0 Å². The summed E-state index contributed by atoms with van der Waals surface area (Å²) in [6.07, 6.45) is 10.2. The first-order chi connectivity index (χ1) is 10.7. The van der Waals surface area contributed by atoms with Gasteiger partial charge in [0, 0.05) is 10.0 Å². The average Bonchev–Trinajstić information content (AvgIpc) is 3.01. The van der Waals surface area contributed by atoms with Gasteiger partial charge in [0.1, 0.15) is 0 Å². The monoisotopic (exact) mass is 326 g/mol. The Labute approximate surface area is 141 Å². The van der Waals surface area contributed by atoms with Gasteiger partial charge in [-0.25, -0.2) is 0 Å². The van der Waals surface area contributed by atoms with E-state index < -0.39 is 0 Å². The Morgan fingerprint density at radius 1 is 0.727 bits per heavy atom. The molecule has 0 saturated carbocycles. The third-order valence-corrected chi connectivity index (χ3v) is 4.15. The normalized spacial score (nSPS) is 12.9. The molecule has 0 aromatic heterocycles. The van der Waals surface area contributed by atoms with Gasteiger partial charge >= 0.3 is 0 Å². The maximum atomic E-state index is 6.11. The zero-order valence-electron chi connectivity index (χ0n) is 12.1. The van der Waals surface area contributed by atoms with Crippen LogP contribution in [-0.4, -0.2) is 0 Å². The predicted molar refractivity (Wildman–Crippen MR) is 95.6 cm³/mol. The Hall–Kier alpha value is -1.76. The highest BCUT2D eigenvalue weighted by atomic mass is 35.5. The fraction of sp³-hybridized carbons (Fsp3) is 0.100. The quantitative estimate of drug-likeness (QED) is 0.627. The van der Waals surface area contributed by atoms with E-state index in [9.17, 15) is 0 Å². The van der Waals surface area contributed by atoms with E-state index in [-0.39, 0.29) is 0 Å². The number of allylic oxidation sites excluding steroid dienone is 6. The van der Waals surface area contributed by atoms with Crippen molar-refractivity contribution in [3.63, 3.8) is 0 Å². The molecule has 1 aliphatic carbocycles. The third kappa shape index (κ3) is 3.91. The lowest BCUT2D eigenvalue weighted by Gasteiger charge is -2.11. The summed E-state index contributed by atoms with van der Waals surface area (Å²) in [6, 6.07) is 16.1. The van der Waals surface area contributed by atoms with Crippen LogP contribution >= 0.6 is 23.2 Å². The number of benzene rings is 2. The highest BCUT2D eigenvalue weighted by Gasteiger charge is 2.08. The standard InChI is InChI=1S/C20H16Cl2/c21-19-9-3-5-15(13-19)11-18(17-7-1-2-8-17)12-16-6-4-10-20(22)14-16/h1-10,13-14H,11-12H2. The van der Waals surface area contributed by atoms with Crippen molar-refractivity contribution in [3.05, 3.63) is 105 Å². The Morgan fingerprint density at radius 2 is 1.23 bits per heavy atom. The second-order valence-electron chi connectivity index (χ2n) is 5.39. The highest BCUT2D eigenvalue weighted by molar-refractivity contribution is 6.30. The molecule has 0 radical (unpaired) electrons. The molecular formula is C20H16Cl2. The molecule has 2 heteroatoms. The summed E-state index contributed by atoms with van der Waals surface area (Å²) in [5, 5.41) is 1.56. The van der Waals surface area contributed by atoms with E-state index in [4.69, 9.17) is 23.2 Å². The Morgan fingerprint density at radius 3 is 1.68 bits per heavy atom. The van der Waals surface area contributed by atoms with Gasteiger partial charge in [0.25, 0.3) is 0 Å². The number of rotatable bonds is 4. The van der Waals surface area contributed by atoms with Gasteiger partial charge in [-0.3, -0.25) is 0 Å². The first kappa shape index (κ1) is 15.1. The number of hydrogen-bond donors (Lipinski definition) is 0. The molecule has 0 heterocycles. The van der Waals surface area contributed by atoms with Crippen molar-refractivity contribution < 1.29 is 0 Å². The maximum absolute atomic E-state index is 6.11. The molecule has 3 rings (SSSR count). The molecule has 22 heavy (non-hydrogen) atoms. The van der Waals surface area contributed by atoms with Crippen molar-refractivity contribution in [2.24, 2.45) is 0 Å². The van der Waals surface area contributed by atoms with Crippen LogP contribution < -0.4 is 0 Å². The fourth-order valence-electron chi connectivity index (χ4n) is 2.66. The van der Waals surface area contributed by atoms with E-state index in [0.29, 0.717) is 0 Å². The molecule has 0 fully saturated rings. The van der Waals surface area contributed by atoms with Gasteiger partial charge in [0.15, 0.2) is 0 Å². The van der Waals surface area contributed by atoms with E-state index in [1.54, 1.807) is 0 Å². The second kappa shape index (κ2) is 7.00. The summed E-state index contributed by atoms with van der Waals surface area (Å²) in [4.78, 5) is 0. The van der Waals surface area contributed by atoms with Gasteiger partial charge in [-0.05, 0) is 53.8 Å². The maximum Gasteiger partial charge on any atom is 0.0408 e. The molecule has 110 valence electrons. The summed E-state index contributed by atoms with van der Waals surface area (Å²) >= 11 is 12.2. The minimum Gasteiger partial charge on any atom is -0.0843 e. The van der Waals surface area contributed by atoms with Crippen LogP contribution in [0.5, 0.6) is 0 Å². The molecule has 0 aliphatic heterocycles. The van der Waals surface area contributed by atoms with Crippen LogP contribution in [0.25, 0.3) is 0 Å². The fourth-order valence-corrected chi connectivity index (χ4v) is 3.09. The number of halogens is 2. The van der Waals surface area contributed by atoms with Crippen molar-refractivity contribution >= 4 is 23.2 Å². The van der Waals surface area contributed by atoms with Crippen LogP contribution in [0.2, 0.25) is 10.0 Å². The van der Waals surface area contributed by atoms with Crippen molar-refractivity contribution in [1.82, 2.24) is 0 Å². The Balaban J connectivity index is 1.90. The molecular weight excluding hydrogens is 311 g/mol. The predicted octanol–water partition coefficient (Wildman–Crippen LogP) is 6.20. The first-order valence-electron chi connectivity index (χ1n) is 7.26. The lowest BCUT2D eigenvalue weighted by molar-refractivity contribution is 1.02. The van der Waals surface area contributed by atoms with Gasteiger partial charge in [0.2, 0.25) is 0 Å². The van der Waals surface area contributed by atoms with Crippen LogP contribution in [-0.2, 0) is 12.8 Å². The average molecular weight is 327 g/mol. The van der Waals surface area contributed by atoms with Crippen LogP contribution in [0.3, 0.4) is 0 Å². The summed E-state index contributed by atoms with van der Waals surface area (Å²) in [5.41, 5.74) is 5.10. The summed E-state index contributed by atoms with van der Waals surface area (Å²) in [6.45, 7) is 0. The van der Waals surface area contributed by atoms with Crippen LogP contribution in [0.1, 0.15) is 11.1 Å². The lowest BCUT2D eigenvalue weighted by atomic mass is 9.94. The molecule has 0 bridgehead atoms. The molecule has 0 spiro atoms. The minimum absolute atomic E-state index is 0.780. The smallest absolute Gasteiger partial charge is 0.0408 e. The molecule has 2 aromatic carbocycles. The third-order valence-electron chi connectivity index (χ3n) is 3.68. The summed E-state index contributed by atoms with van der Waals surface area (Å²) in [7, 11) is 0. The SMILES string of the molecule is Clc1cccc(CC(Cc2cccc(Cl)c2)=C2C=CC=C2)c1. The zero-order chi connectivity index (χ0) is 15.4. The molecule has 1 aliphatic rings. The molecule has 0 atom stereocenters. The Bertz CT molecular complexity index is 703. The molecule has 0 saturated heterocycles. The minimum atomic E-state index is 0.780. The summed E-state index contributed by atoms with van der Waals surface area (Å²) in [5.74, 6) is 0. The van der Waals surface area contributed by atoms with Crippen LogP contribution in [0.15, 0.2) is 84.0 Å². The summed E-state index contributed by atoms with van der Waals surface area (Å²) < 4.78 is 0. The highest BCUT2D eigenvalue weighted by Crippen LogP contribution is 2.24. The van der Waals surface area contributed by atoms with Gasteiger partial charge < -0.3 is 0 Å². The Kier molecular flexibility index (Phi) is 4.82. The van der Waals surface area contributed by atoms with Crippen LogP contribution in [0, 0.1) is 0 Å². The number of hydrogen-bond acceptors (Lipinski definition) is 0. The molecule has 0 unspecified atom stereocenters.